The molecule has 1 heterocycles. The minimum absolute atomic E-state index is 0.294. The number of hydrogen-bond acceptors (Lipinski definition) is 4. The summed E-state index contributed by atoms with van der Waals surface area (Å²) in [6.45, 7) is 0. The topological polar surface area (TPSA) is 60.5 Å². The Balaban J connectivity index is 1.69. The number of nitrogens with two attached hydrogens (primary N) is 1. The number of nitrogens with zero attached hydrogens (tertiary/aromatic N) is 2. The van der Waals surface area contributed by atoms with Crippen LogP contribution < -0.4 is 10.5 Å². The summed E-state index contributed by atoms with van der Waals surface area (Å²) in [6, 6.07) is 16.7. The van der Waals surface area contributed by atoms with Gasteiger partial charge < -0.3 is 10.5 Å². The second-order valence-corrected chi connectivity index (χ2v) is 4.80. The Hall–Kier alpha value is -3.21. The van der Waals surface area contributed by atoms with Gasteiger partial charge in [-0.3, -0.25) is 0 Å². The third-order valence-electron chi connectivity index (χ3n) is 3.08. The van der Waals surface area contributed by atoms with Crippen molar-refractivity contribution in [2.24, 2.45) is 4.99 Å². The van der Waals surface area contributed by atoms with E-state index in [4.69, 9.17) is 10.5 Å². The fourth-order valence-corrected chi connectivity index (χ4v) is 1.91. The first-order chi connectivity index (χ1) is 11.2. The van der Waals surface area contributed by atoms with Crippen LogP contribution in [0.3, 0.4) is 0 Å². The van der Waals surface area contributed by atoms with Gasteiger partial charge in [0.2, 0.25) is 0 Å². The number of benzene rings is 2. The van der Waals surface area contributed by atoms with Crippen molar-refractivity contribution in [3.8, 4) is 11.5 Å². The molecule has 0 atom stereocenters. The Morgan fingerprint density at radius 2 is 1.61 bits per heavy atom. The standard InChI is InChI=1S/C18H14FN3O/c19-14-5-9-16(10-6-14)23-15-7-3-13(4-8-15)12-22-18-17(20)2-1-11-21-18/h1-12H,20H2. The van der Waals surface area contributed by atoms with Crippen LogP contribution >= 0.6 is 0 Å². The molecule has 114 valence electrons. The largest absolute Gasteiger partial charge is 0.457 e. The molecule has 0 saturated heterocycles. The van der Waals surface area contributed by atoms with Crippen LogP contribution in [0.1, 0.15) is 5.56 Å². The Labute approximate surface area is 133 Å². The molecule has 0 radical (unpaired) electrons. The van der Waals surface area contributed by atoms with Gasteiger partial charge in [0.25, 0.3) is 0 Å². The number of halogens is 1. The molecule has 0 amide bonds. The summed E-state index contributed by atoms with van der Waals surface area (Å²) in [5.74, 6) is 1.43. The quantitative estimate of drug-likeness (QED) is 0.729. The van der Waals surface area contributed by atoms with E-state index in [1.165, 1.54) is 12.1 Å². The van der Waals surface area contributed by atoms with E-state index in [1.807, 2.05) is 24.3 Å². The average Bonchev–Trinajstić information content (AvgIpc) is 2.58. The molecule has 0 fully saturated rings. The number of aliphatic imine (C=N–C) groups is 1. The van der Waals surface area contributed by atoms with Crippen molar-refractivity contribution in [3.63, 3.8) is 0 Å². The van der Waals surface area contributed by atoms with Crippen molar-refractivity contribution in [3.05, 3.63) is 78.2 Å². The number of rotatable bonds is 4. The van der Waals surface area contributed by atoms with Crippen LogP contribution in [-0.2, 0) is 0 Å². The van der Waals surface area contributed by atoms with Crippen LogP contribution in [0.5, 0.6) is 11.5 Å². The number of hydrogen-bond donors (Lipinski definition) is 1. The maximum absolute atomic E-state index is 12.8. The number of aromatic nitrogens is 1. The third kappa shape index (κ3) is 3.91. The van der Waals surface area contributed by atoms with Crippen LogP contribution in [0.25, 0.3) is 0 Å². The Bertz CT molecular complexity index is 814. The smallest absolute Gasteiger partial charge is 0.175 e. The molecule has 0 aliphatic rings. The van der Waals surface area contributed by atoms with E-state index in [1.54, 1.807) is 36.7 Å². The predicted octanol–water partition coefficient (Wildman–Crippen LogP) is 4.35. The maximum atomic E-state index is 12.8. The number of pyridine rings is 1. The molecule has 0 aliphatic carbocycles. The molecule has 3 aromatic rings. The average molecular weight is 307 g/mol. The number of nitrogen functional groups attached to an aromatic ring is 1. The molecule has 1 aromatic heterocycles. The first-order valence-electron chi connectivity index (χ1n) is 6.99. The van der Waals surface area contributed by atoms with Crippen molar-refractivity contribution in [2.75, 3.05) is 5.73 Å². The lowest BCUT2D eigenvalue weighted by molar-refractivity contribution is 0.480. The van der Waals surface area contributed by atoms with Gasteiger partial charge in [-0.1, -0.05) is 0 Å². The Morgan fingerprint density at radius 1 is 0.957 bits per heavy atom. The van der Waals surface area contributed by atoms with Gasteiger partial charge in [0.15, 0.2) is 5.82 Å². The van der Waals surface area contributed by atoms with E-state index in [0.29, 0.717) is 23.0 Å². The van der Waals surface area contributed by atoms with Gasteiger partial charge in [0.05, 0.1) is 5.69 Å². The summed E-state index contributed by atoms with van der Waals surface area (Å²) in [7, 11) is 0. The zero-order chi connectivity index (χ0) is 16.1. The van der Waals surface area contributed by atoms with Crippen LogP contribution in [0.4, 0.5) is 15.9 Å². The van der Waals surface area contributed by atoms with Gasteiger partial charge in [-0.15, -0.1) is 0 Å². The molecule has 0 saturated carbocycles. The molecular weight excluding hydrogens is 293 g/mol. The molecule has 0 aliphatic heterocycles. The highest BCUT2D eigenvalue weighted by Gasteiger charge is 1.99. The molecule has 2 N–H and O–H groups in total. The molecular formula is C18H14FN3O. The molecule has 3 rings (SSSR count). The molecule has 0 unspecified atom stereocenters. The van der Waals surface area contributed by atoms with E-state index in [0.717, 1.165) is 5.56 Å². The van der Waals surface area contributed by atoms with Gasteiger partial charge >= 0.3 is 0 Å². The van der Waals surface area contributed by atoms with Gasteiger partial charge in [-0.25, -0.2) is 14.4 Å². The second kappa shape index (κ2) is 6.70. The fourth-order valence-electron chi connectivity index (χ4n) is 1.91. The van der Waals surface area contributed by atoms with Crippen LogP contribution in [0.15, 0.2) is 71.9 Å². The third-order valence-corrected chi connectivity index (χ3v) is 3.08. The molecule has 2 aromatic carbocycles. The highest BCUT2D eigenvalue weighted by molar-refractivity contribution is 5.83. The zero-order valence-electron chi connectivity index (χ0n) is 12.2. The van der Waals surface area contributed by atoms with E-state index in [2.05, 4.69) is 9.98 Å². The summed E-state index contributed by atoms with van der Waals surface area (Å²) in [5.41, 5.74) is 7.20. The van der Waals surface area contributed by atoms with Crippen molar-refractivity contribution in [2.45, 2.75) is 0 Å². The SMILES string of the molecule is Nc1cccnc1N=Cc1ccc(Oc2ccc(F)cc2)cc1. The lowest BCUT2D eigenvalue weighted by atomic mass is 10.2. The fraction of sp³-hybridized carbons (Fsp3) is 0. The summed E-state index contributed by atoms with van der Waals surface area (Å²) in [6.07, 6.45) is 3.32. The predicted molar refractivity (Wildman–Crippen MR) is 88.8 cm³/mol. The van der Waals surface area contributed by atoms with Gasteiger partial charge in [0.1, 0.15) is 17.3 Å². The molecule has 5 heteroatoms. The van der Waals surface area contributed by atoms with E-state index in [9.17, 15) is 4.39 Å². The summed E-state index contributed by atoms with van der Waals surface area (Å²) in [4.78, 5) is 8.35. The molecule has 0 spiro atoms. The molecule has 23 heavy (non-hydrogen) atoms. The minimum atomic E-state index is -0.294. The highest BCUT2D eigenvalue weighted by atomic mass is 19.1. The van der Waals surface area contributed by atoms with Crippen molar-refractivity contribution < 1.29 is 9.13 Å². The van der Waals surface area contributed by atoms with E-state index >= 15 is 0 Å². The molecule has 0 bridgehead atoms. The number of ether oxygens (including phenoxy) is 1. The van der Waals surface area contributed by atoms with Crippen LogP contribution in [0, 0.1) is 5.82 Å². The van der Waals surface area contributed by atoms with Crippen molar-refractivity contribution in [1.29, 1.82) is 0 Å². The zero-order valence-corrected chi connectivity index (χ0v) is 12.2. The summed E-state index contributed by atoms with van der Waals surface area (Å²) in [5, 5.41) is 0. The van der Waals surface area contributed by atoms with Crippen LogP contribution in [-0.4, -0.2) is 11.2 Å². The highest BCUT2D eigenvalue weighted by Crippen LogP contribution is 2.22. The maximum Gasteiger partial charge on any atom is 0.175 e. The van der Waals surface area contributed by atoms with E-state index < -0.39 is 0 Å². The van der Waals surface area contributed by atoms with Crippen molar-refractivity contribution in [1.82, 2.24) is 4.98 Å². The lowest BCUT2D eigenvalue weighted by Gasteiger charge is -2.05. The minimum Gasteiger partial charge on any atom is -0.457 e. The Morgan fingerprint density at radius 3 is 2.26 bits per heavy atom. The van der Waals surface area contributed by atoms with Gasteiger partial charge in [0, 0.05) is 12.4 Å². The monoisotopic (exact) mass is 307 g/mol. The van der Waals surface area contributed by atoms with Crippen LogP contribution in [0.2, 0.25) is 0 Å². The van der Waals surface area contributed by atoms with E-state index in [-0.39, 0.29) is 5.82 Å². The first-order valence-corrected chi connectivity index (χ1v) is 6.99. The lowest BCUT2D eigenvalue weighted by Crippen LogP contribution is -1.88. The number of anilines is 1. The summed E-state index contributed by atoms with van der Waals surface area (Å²) < 4.78 is 18.5. The van der Waals surface area contributed by atoms with Gasteiger partial charge in [-0.2, -0.15) is 0 Å². The van der Waals surface area contributed by atoms with Gasteiger partial charge in [-0.05, 0) is 66.2 Å². The summed E-state index contributed by atoms with van der Waals surface area (Å²) >= 11 is 0. The molecule has 4 nitrogen and oxygen atoms in total. The van der Waals surface area contributed by atoms with Crippen molar-refractivity contribution >= 4 is 17.7 Å². The Kier molecular flexibility index (Phi) is 4.29. The first kappa shape index (κ1) is 14.7. The normalized spacial score (nSPS) is 10.8. The second-order valence-electron chi connectivity index (χ2n) is 4.80.